The number of thiazole rings is 1. The molecule has 2 saturated heterocycles. The van der Waals surface area contributed by atoms with Gasteiger partial charge >= 0.3 is 6.03 Å². The molecule has 1 aromatic carbocycles. The van der Waals surface area contributed by atoms with E-state index in [9.17, 15) is 14.4 Å². The lowest BCUT2D eigenvalue weighted by atomic mass is 10.0. The van der Waals surface area contributed by atoms with Crippen LogP contribution in [-0.4, -0.2) is 58.3 Å². The van der Waals surface area contributed by atoms with E-state index in [1.165, 1.54) is 4.90 Å². The van der Waals surface area contributed by atoms with Crippen molar-refractivity contribution in [2.45, 2.75) is 13.0 Å². The number of nitrogens with zero attached hydrogens (tertiary/aromatic N) is 3. The van der Waals surface area contributed by atoms with E-state index in [0.717, 1.165) is 15.2 Å². The van der Waals surface area contributed by atoms with Crippen LogP contribution in [0.3, 0.4) is 0 Å². The highest BCUT2D eigenvalue weighted by Gasteiger charge is 2.43. The molecule has 0 atom stereocenters. The van der Waals surface area contributed by atoms with Crippen molar-refractivity contribution in [2.75, 3.05) is 19.6 Å². The molecule has 0 spiro atoms. The van der Waals surface area contributed by atoms with Gasteiger partial charge in [-0.2, -0.15) is 0 Å². The summed E-state index contributed by atoms with van der Waals surface area (Å²) in [6.45, 7) is 2.75. The number of likely N-dealkylation sites (tertiary alicyclic amines) is 1. The Kier molecular flexibility index (Phi) is 3.08. The third kappa shape index (κ3) is 2.26. The fourth-order valence-electron chi connectivity index (χ4n) is 2.94. The highest BCUT2D eigenvalue weighted by Crippen LogP contribution is 2.25. The molecule has 7 nitrogen and oxygen atoms in total. The van der Waals surface area contributed by atoms with E-state index in [1.54, 1.807) is 22.3 Å². The minimum Gasteiger partial charge on any atom is -0.334 e. The average molecular weight is 330 g/mol. The van der Waals surface area contributed by atoms with Gasteiger partial charge in [0.2, 0.25) is 5.91 Å². The van der Waals surface area contributed by atoms with Crippen molar-refractivity contribution in [1.82, 2.24) is 20.1 Å². The summed E-state index contributed by atoms with van der Waals surface area (Å²) in [6.07, 6.45) is 0. The van der Waals surface area contributed by atoms with Crippen LogP contribution in [0.1, 0.15) is 15.4 Å². The van der Waals surface area contributed by atoms with Crippen molar-refractivity contribution in [3.05, 3.63) is 28.8 Å². The third-order valence-corrected chi connectivity index (χ3v) is 5.07. The fourth-order valence-corrected chi connectivity index (χ4v) is 3.81. The number of imide groups is 1. The summed E-state index contributed by atoms with van der Waals surface area (Å²) < 4.78 is 0.986. The number of hydrogen-bond acceptors (Lipinski definition) is 5. The number of benzene rings is 1. The molecule has 0 aliphatic carbocycles. The molecule has 2 fully saturated rings. The maximum atomic E-state index is 12.5. The summed E-state index contributed by atoms with van der Waals surface area (Å²) in [6, 6.07) is 4.88. The van der Waals surface area contributed by atoms with Gasteiger partial charge in [-0.3, -0.25) is 14.5 Å². The van der Waals surface area contributed by atoms with E-state index in [2.05, 4.69) is 10.3 Å². The van der Waals surface area contributed by atoms with Crippen molar-refractivity contribution >= 4 is 39.4 Å². The molecule has 0 radical (unpaired) electrons. The number of carbonyl (C=O) groups is 3. The molecule has 118 valence electrons. The zero-order valence-electron chi connectivity index (χ0n) is 12.4. The van der Waals surface area contributed by atoms with Gasteiger partial charge in [0.15, 0.2) is 0 Å². The van der Waals surface area contributed by atoms with Crippen molar-refractivity contribution in [2.24, 2.45) is 0 Å². The number of hydrogen-bond donors (Lipinski definition) is 1. The summed E-state index contributed by atoms with van der Waals surface area (Å²) in [7, 11) is 0. The molecule has 2 aromatic rings. The van der Waals surface area contributed by atoms with Gasteiger partial charge in [-0.1, -0.05) is 0 Å². The molecule has 2 aliphatic rings. The van der Waals surface area contributed by atoms with Crippen molar-refractivity contribution in [3.63, 3.8) is 0 Å². The number of aryl methyl sites for hydroxylation is 1. The first-order chi connectivity index (χ1) is 11.0. The molecule has 8 heteroatoms. The summed E-state index contributed by atoms with van der Waals surface area (Å²) >= 11 is 1.55. The van der Waals surface area contributed by atoms with E-state index < -0.39 is 0 Å². The first-order valence-electron chi connectivity index (χ1n) is 7.29. The van der Waals surface area contributed by atoms with Gasteiger partial charge in [-0.15, -0.1) is 11.3 Å². The van der Waals surface area contributed by atoms with Gasteiger partial charge in [-0.25, -0.2) is 9.78 Å². The van der Waals surface area contributed by atoms with E-state index in [0.29, 0.717) is 18.7 Å². The van der Waals surface area contributed by atoms with Gasteiger partial charge in [0.1, 0.15) is 0 Å². The first kappa shape index (κ1) is 14.1. The highest BCUT2D eigenvalue weighted by molar-refractivity contribution is 7.18. The maximum absolute atomic E-state index is 12.5. The minimum absolute atomic E-state index is 0.0463. The zero-order valence-corrected chi connectivity index (χ0v) is 13.2. The lowest BCUT2D eigenvalue weighted by molar-refractivity contribution is -0.128. The summed E-state index contributed by atoms with van der Waals surface area (Å²) in [4.78, 5) is 43.0. The van der Waals surface area contributed by atoms with Crippen LogP contribution < -0.4 is 5.32 Å². The van der Waals surface area contributed by atoms with E-state index >= 15 is 0 Å². The maximum Gasteiger partial charge on any atom is 0.324 e. The minimum atomic E-state index is -0.367. The van der Waals surface area contributed by atoms with Gasteiger partial charge in [0.05, 0.1) is 27.8 Å². The number of urea groups is 1. The van der Waals surface area contributed by atoms with Crippen molar-refractivity contribution in [1.29, 1.82) is 0 Å². The van der Waals surface area contributed by atoms with Crippen LogP contribution in [-0.2, 0) is 4.79 Å². The standard InChI is InChI=1S/C15H14N4O3S/c1-8-17-11-3-2-9(4-12(11)23-8)14(21)18-6-10(7-18)19-13(20)5-16-15(19)22/h2-4,10H,5-7H2,1H3,(H,16,22). The largest absolute Gasteiger partial charge is 0.334 e. The third-order valence-electron chi connectivity index (χ3n) is 4.14. The molecule has 0 unspecified atom stereocenters. The summed E-state index contributed by atoms with van der Waals surface area (Å²) in [5.41, 5.74) is 1.50. The Morgan fingerprint density at radius 2 is 2.13 bits per heavy atom. The molecule has 0 saturated carbocycles. The summed E-state index contributed by atoms with van der Waals surface area (Å²) in [5, 5.41) is 3.46. The van der Waals surface area contributed by atoms with Crippen LogP contribution in [0.2, 0.25) is 0 Å². The van der Waals surface area contributed by atoms with Crippen molar-refractivity contribution in [3.8, 4) is 0 Å². The smallest absolute Gasteiger partial charge is 0.324 e. The van der Waals surface area contributed by atoms with Crippen LogP contribution in [0.5, 0.6) is 0 Å². The molecule has 0 bridgehead atoms. The molecule has 1 aromatic heterocycles. The Morgan fingerprint density at radius 1 is 1.35 bits per heavy atom. The number of amides is 4. The normalized spacial score (nSPS) is 18.5. The first-order valence-corrected chi connectivity index (χ1v) is 8.11. The van der Waals surface area contributed by atoms with Crippen LogP contribution in [0.15, 0.2) is 18.2 Å². The van der Waals surface area contributed by atoms with Crippen LogP contribution in [0, 0.1) is 6.92 Å². The van der Waals surface area contributed by atoms with Crippen LogP contribution >= 0.6 is 11.3 Å². The number of nitrogens with one attached hydrogen (secondary N) is 1. The van der Waals surface area contributed by atoms with E-state index in [-0.39, 0.29) is 30.4 Å². The van der Waals surface area contributed by atoms with Gasteiger partial charge in [0, 0.05) is 18.7 Å². The lowest BCUT2D eigenvalue weighted by Gasteiger charge is -2.42. The number of aromatic nitrogens is 1. The highest BCUT2D eigenvalue weighted by atomic mass is 32.1. The quantitative estimate of drug-likeness (QED) is 0.832. The van der Waals surface area contributed by atoms with E-state index in [1.807, 2.05) is 19.1 Å². The second kappa shape index (κ2) is 5.02. The second-order valence-electron chi connectivity index (χ2n) is 5.70. The molecule has 1 N–H and O–H groups in total. The SMILES string of the molecule is Cc1nc2ccc(C(=O)N3CC(N4C(=O)CNC4=O)C3)cc2s1. The Bertz CT molecular complexity index is 824. The molecule has 4 rings (SSSR count). The van der Waals surface area contributed by atoms with Crippen LogP contribution in [0.25, 0.3) is 10.2 Å². The van der Waals surface area contributed by atoms with Gasteiger partial charge in [0.25, 0.3) is 5.91 Å². The summed E-state index contributed by atoms with van der Waals surface area (Å²) in [5.74, 6) is -0.310. The Balaban J connectivity index is 1.48. The Labute approximate surface area is 135 Å². The van der Waals surface area contributed by atoms with E-state index in [4.69, 9.17) is 0 Å². The number of rotatable bonds is 2. The average Bonchev–Trinajstić information content (AvgIpc) is 3.00. The van der Waals surface area contributed by atoms with Crippen LogP contribution in [0.4, 0.5) is 4.79 Å². The van der Waals surface area contributed by atoms with Crippen molar-refractivity contribution < 1.29 is 14.4 Å². The molecule has 23 heavy (non-hydrogen) atoms. The monoisotopic (exact) mass is 330 g/mol. The van der Waals surface area contributed by atoms with Gasteiger partial charge < -0.3 is 10.2 Å². The number of fused-ring (bicyclic) bond motifs is 1. The molecular formula is C15H14N4O3S. The predicted octanol–water partition coefficient (Wildman–Crippen LogP) is 0.981. The lowest BCUT2D eigenvalue weighted by Crippen LogP contribution is -2.62. The molecule has 2 aliphatic heterocycles. The predicted molar refractivity (Wildman–Crippen MR) is 84.3 cm³/mol. The molecular weight excluding hydrogens is 316 g/mol. The van der Waals surface area contributed by atoms with Gasteiger partial charge in [-0.05, 0) is 25.1 Å². The molecule has 3 heterocycles. The Morgan fingerprint density at radius 3 is 2.83 bits per heavy atom. The second-order valence-corrected chi connectivity index (χ2v) is 6.94. The molecule has 4 amide bonds. The Hall–Kier alpha value is -2.48. The number of carbonyl (C=O) groups excluding carboxylic acids is 3. The zero-order chi connectivity index (χ0) is 16.1. The topological polar surface area (TPSA) is 82.6 Å². The fraction of sp³-hybridized carbons (Fsp3) is 0.333.